The summed E-state index contributed by atoms with van der Waals surface area (Å²) in [5.41, 5.74) is 4.87. The van der Waals surface area contributed by atoms with Crippen LogP contribution in [0, 0.1) is 0 Å². The molecule has 0 aromatic heterocycles. The fraction of sp³-hybridized carbons (Fsp3) is 0.667. The fourth-order valence-electron chi connectivity index (χ4n) is 1.23. The van der Waals surface area contributed by atoms with Crippen LogP contribution in [0.4, 0.5) is 0 Å². The Labute approximate surface area is 49.1 Å². The second-order valence-corrected chi connectivity index (χ2v) is 2.39. The van der Waals surface area contributed by atoms with Crippen molar-refractivity contribution in [2.24, 2.45) is 0 Å². The molecule has 0 aliphatic carbocycles. The van der Waals surface area contributed by atoms with Gasteiger partial charge in [-0.05, 0) is 6.42 Å². The van der Waals surface area contributed by atoms with E-state index in [0.717, 1.165) is 13.1 Å². The van der Waals surface area contributed by atoms with Gasteiger partial charge in [0.25, 0.3) is 0 Å². The maximum atomic E-state index is 3.28. The van der Waals surface area contributed by atoms with E-state index in [9.17, 15) is 0 Å². The molecular weight excluding hydrogens is 100 g/mol. The zero-order chi connectivity index (χ0) is 5.40. The van der Waals surface area contributed by atoms with Gasteiger partial charge in [-0.3, -0.25) is 5.43 Å². The Morgan fingerprint density at radius 2 is 2.62 bits per heavy atom. The number of nitrogens with zero attached hydrogens (tertiary/aromatic N) is 1. The monoisotopic (exact) mass is 110 g/mol. The second kappa shape index (κ2) is 1.57. The van der Waals surface area contributed by atoms with Crippen LogP contribution in [0.1, 0.15) is 6.42 Å². The van der Waals surface area contributed by atoms with Gasteiger partial charge in [-0.25, -0.2) is 5.01 Å². The molecule has 0 aromatic rings. The third-order valence-corrected chi connectivity index (χ3v) is 1.83. The van der Waals surface area contributed by atoms with Crippen molar-refractivity contribution in [2.75, 3.05) is 19.6 Å². The standard InChI is InChI=1S/C6H10N2/c1-3-8-4-2-6(1)5-7-8/h1,7H,2-5H2. The molecule has 0 amide bonds. The van der Waals surface area contributed by atoms with Crippen molar-refractivity contribution < 1.29 is 0 Å². The fourth-order valence-corrected chi connectivity index (χ4v) is 1.23. The molecule has 2 bridgehead atoms. The minimum absolute atomic E-state index is 1.10. The molecule has 8 heavy (non-hydrogen) atoms. The van der Waals surface area contributed by atoms with Crippen LogP contribution in [0.15, 0.2) is 11.6 Å². The summed E-state index contributed by atoms with van der Waals surface area (Å²) in [6.07, 6.45) is 3.60. The van der Waals surface area contributed by atoms with E-state index in [1.807, 2.05) is 0 Å². The van der Waals surface area contributed by atoms with Gasteiger partial charge in [0.05, 0.1) is 0 Å². The van der Waals surface area contributed by atoms with E-state index in [-0.39, 0.29) is 0 Å². The first kappa shape index (κ1) is 4.53. The molecule has 1 unspecified atom stereocenters. The van der Waals surface area contributed by atoms with Gasteiger partial charge < -0.3 is 0 Å². The van der Waals surface area contributed by atoms with E-state index in [2.05, 4.69) is 16.5 Å². The van der Waals surface area contributed by atoms with Crippen molar-refractivity contribution in [3.63, 3.8) is 0 Å². The Morgan fingerprint density at radius 1 is 1.62 bits per heavy atom. The van der Waals surface area contributed by atoms with Crippen LogP contribution >= 0.6 is 0 Å². The first-order chi connectivity index (χ1) is 3.95. The van der Waals surface area contributed by atoms with E-state index in [1.54, 1.807) is 5.57 Å². The molecule has 44 valence electrons. The summed E-state index contributed by atoms with van der Waals surface area (Å²) in [7, 11) is 0. The lowest BCUT2D eigenvalue weighted by molar-refractivity contribution is 0.179. The molecule has 3 aliphatic heterocycles. The highest BCUT2D eigenvalue weighted by Crippen LogP contribution is 2.12. The predicted molar refractivity (Wildman–Crippen MR) is 32.3 cm³/mol. The summed E-state index contributed by atoms with van der Waals surface area (Å²) in [5, 5.41) is 2.26. The first-order valence-corrected chi connectivity index (χ1v) is 3.11. The van der Waals surface area contributed by atoms with Gasteiger partial charge in [-0.1, -0.05) is 11.6 Å². The van der Waals surface area contributed by atoms with Crippen molar-refractivity contribution in [2.45, 2.75) is 6.42 Å². The Morgan fingerprint density at radius 3 is 2.75 bits per heavy atom. The second-order valence-electron chi connectivity index (χ2n) is 2.39. The molecule has 2 nitrogen and oxygen atoms in total. The number of hydrogen-bond donors (Lipinski definition) is 1. The highest BCUT2D eigenvalue weighted by atomic mass is 15.5. The highest BCUT2D eigenvalue weighted by Gasteiger charge is 2.16. The van der Waals surface area contributed by atoms with Crippen LogP contribution in [0.3, 0.4) is 0 Å². The zero-order valence-corrected chi connectivity index (χ0v) is 4.85. The van der Waals surface area contributed by atoms with Crippen LogP contribution in [0.5, 0.6) is 0 Å². The van der Waals surface area contributed by atoms with Crippen LogP contribution in [-0.2, 0) is 0 Å². The van der Waals surface area contributed by atoms with Crippen molar-refractivity contribution >= 4 is 0 Å². The third-order valence-electron chi connectivity index (χ3n) is 1.83. The smallest absolute Gasteiger partial charge is 0.0315 e. The summed E-state index contributed by atoms with van der Waals surface area (Å²) in [5.74, 6) is 0. The van der Waals surface area contributed by atoms with Gasteiger partial charge in [0.2, 0.25) is 0 Å². The molecule has 1 saturated heterocycles. The van der Waals surface area contributed by atoms with Gasteiger partial charge in [-0.15, -0.1) is 0 Å². The van der Waals surface area contributed by atoms with Crippen LogP contribution < -0.4 is 5.43 Å². The molecule has 0 saturated carbocycles. The van der Waals surface area contributed by atoms with Crippen molar-refractivity contribution in [1.82, 2.24) is 10.4 Å². The van der Waals surface area contributed by atoms with Gasteiger partial charge in [0, 0.05) is 19.6 Å². The predicted octanol–water partition coefficient (Wildman–Crippen LogP) is 0.137. The average Bonchev–Trinajstić information content (AvgIpc) is 1.92. The minimum Gasteiger partial charge on any atom is -0.251 e. The maximum absolute atomic E-state index is 3.28. The molecule has 1 fully saturated rings. The van der Waals surface area contributed by atoms with Crippen LogP contribution in [-0.4, -0.2) is 24.6 Å². The van der Waals surface area contributed by atoms with E-state index in [4.69, 9.17) is 0 Å². The minimum atomic E-state index is 1.10. The van der Waals surface area contributed by atoms with Gasteiger partial charge in [0.1, 0.15) is 0 Å². The maximum Gasteiger partial charge on any atom is 0.0315 e. The van der Waals surface area contributed by atoms with Gasteiger partial charge >= 0.3 is 0 Å². The molecule has 0 aromatic carbocycles. The Hall–Kier alpha value is -0.340. The molecule has 1 atom stereocenters. The summed E-state index contributed by atoms with van der Waals surface area (Å²) < 4.78 is 0. The van der Waals surface area contributed by atoms with E-state index in [0.29, 0.717) is 0 Å². The number of nitrogens with one attached hydrogen (secondary N) is 1. The van der Waals surface area contributed by atoms with E-state index >= 15 is 0 Å². The summed E-state index contributed by atoms with van der Waals surface area (Å²) in [6.45, 7) is 3.43. The lowest BCUT2D eigenvalue weighted by atomic mass is 10.1. The van der Waals surface area contributed by atoms with Crippen LogP contribution in [0.2, 0.25) is 0 Å². The summed E-state index contributed by atoms with van der Waals surface area (Å²) >= 11 is 0. The molecule has 0 spiro atoms. The molecular formula is C6H10N2. The number of hydrazine groups is 1. The van der Waals surface area contributed by atoms with Gasteiger partial charge in [-0.2, -0.15) is 0 Å². The molecule has 3 aliphatic rings. The molecule has 1 N–H and O–H groups in total. The SMILES string of the molecule is C1=C2CCN(C1)NC2. The summed E-state index contributed by atoms with van der Waals surface area (Å²) in [4.78, 5) is 0. The number of hydrogen-bond acceptors (Lipinski definition) is 2. The Kier molecular flexibility index (Phi) is 0.889. The quantitative estimate of drug-likeness (QED) is 0.446. The molecule has 3 heterocycles. The van der Waals surface area contributed by atoms with Crippen molar-refractivity contribution in [1.29, 1.82) is 0 Å². The number of rotatable bonds is 0. The lowest BCUT2D eigenvalue weighted by Crippen LogP contribution is -2.47. The van der Waals surface area contributed by atoms with Crippen molar-refractivity contribution in [3.8, 4) is 0 Å². The largest absolute Gasteiger partial charge is 0.251 e. The molecule has 0 radical (unpaired) electrons. The van der Waals surface area contributed by atoms with Gasteiger partial charge in [0.15, 0.2) is 0 Å². The Bertz CT molecular complexity index is 118. The third kappa shape index (κ3) is 0.572. The number of fused-ring (bicyclic) bond motifs is 3. The Balaban J connectivity index is 2.22. The normalized spacial score (nSPS) is 35.0. The first-order valence-electron chi connectivity index (χ1n) is 3.11. The van der Waals surface area contributed by atoms with E-state index in [1.165, 1.54) is 13.0 Å². The highest BCUT2D eigenvalue weighted by molar-refractivity contribution is 5.11. The molecule has 2 heteroatoms. The van der Waals surface area contributed by atoms with Crippen molar-refractivity contribution in [3.05, 3.63) is 11.6 Å². The average molecular weight is 110 g/mol. The van der Waals surface area contributed by atoms with E-state index < -0.39 is 0 Å². The molecule has 3 rings (SSSR count). The lowest BCUT2D eigenvalue weighted by Gasteiger charge is -2.33. The van der Waals surface area contributed by atoms with Crippen LogP contribution in [0.25, 0.3) is 0 Å². The summed E-state index contributed by atoms with van der Waals surface area (Å²) in [6, 6.07) is 0. The topological polar surface area (TPSA) is 15.3 Å². The zero-order valence-electron chi connectivity index (χ0n) is 4.85.